The number of urea groups is 1. The van der Waals surface area contributed by atoms with Gasteiger partial charge in [-0.1, -0.05) is 0 Å². The number of likely N-dealkylation sites (N-methyl/N-ethyl adjacent to an activating group) is 1. The summed E-state index contributed by atoms with van der Waals surface area (Å²) in [4.78, 5) is 49.0. The van der Waals surface area contributed by atoms with Crippen LogP contribution in [0, 0.1) is 0 Å². The second-order valence-corrected chi connectivity index (χ2v) is 5.19. The van der Waals surface area contributed by atoms with E-state index in [4.69, 9.17) is 9.47 Å². The third kappa shape index (κ3) is 2.93. The molecule has 0 spiro atoms. The van der Waals surface area contributed by atoms with Gasteiger partial charge in [0, 0.05) is 12.6 Å². The molecular formula is C14H14N4O6. The number of rotatable bonds is 3. The molecular weight excluding hydrogens is 320 g/mol. The lowest BCUT2D eigenvalue weighted by molar-refractivity contribution is -0.131. The molecule has 0 atom stereocenters. The first-order valence-corrected chi connectivity index (χ1v) is 7.00. The Bertz CT molecular complexity index is 734. The zero-order chi connectivity index (χ0) is 17.3. The van der Waals surface area contributed by atoms with Crippen LogP contribution < -0.4 is 20.3 Å². The second-order valence-electron chi connectivity index (χ2n) is 5.19. The summed E-state index contributed by atoms with van der Waals surface area (Å²) >= 11 is 0. The fourth-order valence-electron chi connectivity index (χ4n) is 2.24. The molecule has 0 unspecified atom stereocenters. The molecule has 0 saturated carbocycles. The molecule has 2 N–H and O–H groups in total. The van der Waals surface area contributed by atoms with Gasteiger partial charge in [0.05, 0.1) is 0 Å². The highest BCUT2D eigenvalue weighted by Gasteiger charge is 2.34. The molecule has 0 bridgehead atoms. The van der Waals surface area contributed by atoms with Crippen LogP contribution in [0.25, 0.3) is 0 Å². The Morgan fingerprint density at radius 2 is 1.92 bits per heavy atom. The van der Waals surface area contributed by atoms with Crippen molar-refractivity contribution >= 4 is 23.8 Å². The maximum atomic E-state index is 12.0. The van der Waals surface area contributed by atoms with E-state index >= 15 is 0 Å². The molecule has 0 aromatic heterocycles. The van der Waals surface area contributed by atoms with Gasteiger partial charge in [0.25, 0.3) is 17.7 Å². The Hall–Kier alpha value is -3.30. The van der Waals surface area contributed by atoms with Gasteiger partial charge in [0.2, 0.25) is 6.79 Å². The van der Waals surface area contributed by atoms with E-state index in [0.717, 1.165) is 4.90 Å². The number of hydrogen-bond acceptors (Lipinski definition) is 6. The van der Waals surface area contributed by atoms with Gasteiger partial charge >= 0.3 is 6.03 Å². The number of hydrogen-bond donors (Lipinski definition) is 2. The Labute approximate surface area is 136 Å². The molecule has 0 aliphatic carbocycles. The first-order valence-electron chi connectivity index (χ1n) is 7.00. The van der Waals surface area contributed by atoms with Crippen LogP contribution in [0.1, 0.15) is 10.4 Å². The smallest absolute Gasteiger partial charge is 0.327 e. The lowest BCUT2D eigenvalue weighted by atomic mass is 10.2. The van der Waals surface area contributed by atoms with Crippen molar-refractivity contribution < 1.29 is 28.7 Å². The molecule has 0 radical (unpaired) electrons. The van der Waals surface area contributed by atoms with Gasteiger partial charge < -0.3 is 14.4 Å². The predicted molar refractivity (Wildman–Crippen MR) is 77.9 cm³/mol. The number of benzene rings is 1. The van der Waals surface area contributed by atoms with E-state index in [1.54, 1.807) is 6.07 Å². The number of hydrazine groups is 1. The zero-order valence-corrected chi connectivity index (χ0v) is 12.7. The van der Waals surface area contributed by atoms with Gasteiger partial charge in [-0.2, -0.15) is 0 Å². The van der Waals surface area contributed by atoms with Crippen LogP contribution in [0.15, 0.2) is 18.2 Å². The molecule has 1 aromatic rings. The molecule has 126 valence electrons. The molecule has 10 nitrogen and oxygen atoms in total. The summed E-state index contributed by atoms with van der Waals surface area (Å²) in [7, 11) is 1.46. The number of nitrogens with zero attached hydrogens (tertiary/aromatic N) is 2. The third-order valence-electron chi connectivity index (χ3n) is 3.48. The number of carbonyl (C=O) groups is 4. The minimum absolute atomic E-state index is 0.0737. The van der Waals surface area contributed by atoms with E-state index in [9.17, 15) is 19.2 Å². The van der Waals surface area contributed by atoms with Gasteiger partial charge in [-0.25, -0.2) is 4.79 Å². The van der Waals surface area contributed by atoms with Crippen molar-refractivity contribution in [2.24, 2.45) is 0 Å². The fourth-order valence-corrected chi connectivity index (χ4v) is 2.24. The monoisotopic (exact) mass is 334 g/mol. The van der Waals surface area contributed by atoms with Crippen LogP contribution in [-0.2, 0) is 9.59 Å². The van der Waals surface area contributed by atoms with E-state index in [1.807, 2.05) is 0 Å². The normalized spacial score (nSPS) is 15.7. The molecule has 2 heterocycles. The lowest BCUT2D eigenvalue weighted by Gasteiger charge is -2.14. The van der Waals surface area contributed by atoms with Crippen molar-refractivity contribution in [3.8, 4) is 11.5 Å². The number of imide groups is 1. The van der Waals surface area contributed by atoms with Gasteiger partial charge in [-0.05, 0) is 18.2 Å². The van der Waals surface area contributed by atoms with Crippen molar-refractivity contribution in [3.05, 3.63) is 23.8 Å². The standard InChI is InChI=1S/C14H14N4O6/c1-17-6-12(20)18(14(17)22)5-11(19)15-16-13(21)8-2-3-9-10(4-8)24-7-23-9/h2-4H,5-7H2,1H3,(H,15,19)(H,16,21). The number of amides is 5. The van der Waals surface area contributed by atoms with Crippen molar-refractivity contribution in [1.29, 1.82) is 0 Å². The summed E-state index contributed by atoms with van der Waals surface area (Å²) in [6, 6.07) is 4.01. The molecule has 1 fully saturated rings. The predicted octanol–water partition coefficient (Wildman–Crippen LogP) is -0.930. The quantitative estimate of drug-likeness (QED) is 0.545. The summed E-state index contributed by atoms with van der Waals surface area (Å²) < 4.78 is 10.3. The molecule has 24 heavy (non-hydrogen) atoms. The van der Waals surface area contributed by atoms with E-state index in [2.05, 4.69) is 10.9 Å². The molecule has 3 rings (SSSR count). The van der Waals surface area contributed by atoms with Crippen LogP contribution in [0.3, 0.4) is 0 Å². The average molecular weight is 334 g/mol. The fraction of sp³-hybridized carbons (Fsp3) is 0.286. The van der Waals surface area contributed by atoms with Crippen LogP contribution in [-0.4, -0.2) is 60.5 Å². The Morgan fingerprint density at radius 1 is 1.17 bits per heavy atom. The SMILES string of the molecule is CN1CC(=O)N(CC(=O)NNC(=O)c2ccc3c(c2)OCO3)C1=O. The summed E-state index contributed by atoms with van der Waals surface area (Å²) in [6.07, 6.45) is 0. The largest absolute Gasteiger partial charge is 0.454 e. The first-order chi connectivity index (χ1) is 11.5. The van der Waals surface area contributed by atoms with Gasteiger partial charge in [0.15, 0.2) is 11.5 Å². The second kappa shape index (κ2) is 6.07. The highest BCUT2D eigenvalue weighted by molar-refractivity contribution is 6.04. The Balaban J connectivity index is 1.54. The maximum Gasteiger partial charge on any atom is 0.327 e. The summed E-state index contributed by atoms with van der Waals surface area (Å²) in [5.74, 6) is -0.769. The summed E-state index contributed by atoms with van der Waals surface area (Å²) in [6.45, 7) is -0.456. The molecule has 5 amide bonds. The summed E-state index contributed by atoms with van der Waals surface area (Å²) in [5.41, 5.74) is 4.62. The van der Waals surface area contributed by atoms with E-state index in [-0.39, 0.29) is 18.9 Å². The number of fused-ring (bicyclic) bond motifs is 1. The lowest BCUT2D eigenvalue weighted by Crippen LogP contribution is -2.47. The van der Waals surface area contributed by atoms with E-state index in [0.29, 0.717) is 11.5 Å². The van der Waals surface area contributed by atoms with Crippen LogP contribution >= 0.6 is 0 Å². The van der Waals surface area contributed by atoms with Gasteiger partial charge in [0.1, 0.15) is 13.1 Å². The van der Waals surface area contributed by atoms with Crippen LogP contribution in [0.2, 0.25) is 0 Å². The third-order valence-corrected chi connectivity index (χ3v) is 3.48. The molecule has 2 aliphatic heterocycles. The highest BCUT2D eigenvalue weighted by Crippen LogP contribution is 2.32. The van der Waals surface area contributed by atoms with E-state index < -0.39 is 30.3 Å². The number of carbonyl (C=O) groups excluding carboxylic acids is 4. The minimum Gasteiger partial charge on any atom is -0.454 e. The van der Waals surface area contributed by atoms with E-state index in [1.165, 1.54) is 24.1 Å². The highest BCUT2D eigenvalue weighted by atomic mass is 16.7. The molecule has 2 aliphatic rings. The minimum atomic E-state index is -0.693. The molecule has 10 heteroatoms. The Kier molecular flexibility index (Phi) is 3.94. The first kappa shape index (κ1) is 15.6. The summed E-state index contributed by atoms with van der Waals surface area (Å²) in [5, 5.41) is 0. The van der Waals surface area contributed by atoms with Crippen LogP contribution in [0.5, 0.6) is 11.5 Å². The number of nitrogens with one attached hydrogen (secondary N) is 2. The van der Waals surface area contributed by atoms with Crippen LogP contribution in [0.4, 0.5) is 4.79 Å². The average Bonchev–Trinajstić information content (AvgIpc) is 3.12. The number of ether oxygens (including phenoxy) is 2. The van der Waals surface area contributed by atoms with Crippen molar-refractivity contribution in [2.75, 3.05) is 26.9 Å². The van der Waals surface area contributed by atoms with Gasteiger partial charge in [-0.3, -0.25) is 30.1 Å². The topological polar surface area (TPSA) is 117 Å². The maximum absolute atomic E-state index is 12.0. The van der Waals surface area contributed by atoms with Crippen molar-refractivity contribution in [1.82, 2.24) is 20.7 Å². The molecule has 1 aromatic carbocycles. The van der Waals surface area contributed by atoms with Crippen molar-refractivity contribution in [2.45, 2.75) is 0 Å². The molecule has 1 saturated heterocycles. The Morgan fingerprint density at radius 3 is 2.62 bits per heavy atom. The van der Waals surface area contributed by atoms with Crippen molar-refractivity contribution in [3.63, 3.8) is 0 Å². The zero-order valence-electron chi connectivity index (χ0n) is 12.7. The van der Waals surface area contributed by atoms with Gasteiger partial charge in [-0.15, -0.1) is 0 Å².